The van der Waals surface area contributed by atoms with E-state index in [4.69, 9.17) is 5.73 Å². The highest BCUT2D eigenvalue weighted by Gasteiger charge is 2.14. The smallest absolute Gasteiger partial charge is 0.213 e. The van der Waals surface area contributed by atoms with Crippen LogP contribution in [-0.4, -0.2) is 9.97 Å². The quantitative estimate of drug-likeness (QED) is 0.154. The van der Waals surface area contributed by atoms with E-state index in [-0.39, 0.29) is 23.5 Å². The Morgan fingerprint density at radius 2 is 1.11 bits per heavy atom. The van der Waals surface area contributed by atoms with E-state index in [9.17, 15) is 17.6 Å². The molecular formula is C28H26BrF4N3. The van der Waals surface area contributed by atoms with Crippen LogP contribution in [0.15, 0.2) is 65.4 Å². The second-order valence-electron chi connectivity index (χ2n) is 8.86. The van der Waals surface area contributed by atoms with Gasteiger partial charge in [-0.25, -0.2) is 18.7 Å². The number of nitrogens with two attached hydrogens (primary N) is 1. The lowest BCUT2D eigenvalue weighted by Gasteiger charge is -2.14. The number of nitrogen functional groups attached to an aromatic ring is 1. The zero-order valence-corrected chi connectivity index (χ0v) is 21.9. The molecule has 4 rings (SSSR count). The number of benzene rings is 2. The van der Waals surface area contributed by atoms with Gasteiger partial charge in [0.2, 0.25) is 11.9 Å². The summed E-state index contributed by atoms with van der Waals surface area (Å²) >= 11 is 3.47. The Labute approximate surface area is 216 Å². The minimum absolute atomic E-state index is 0.103. The molecule has 2 heterocycles. The summed E-state index contributed by atoms with van der Waals surface area (Å²) in [5.41, 5.74) is 10.4. The van der Waals surface area contributed by atoms with Crippen LogP contribution in [0.4, 0.5) is 23.2 Å². The van der Waals surface area contributed by atoms with E-state index in [2.05, 4.69) is 25.9 Å². The molecule has 0 spiro atoms. The van der Waals surface area contributed by atoms with Crippen LogP contribution in [0, 0.1) is 23.5 Å². The van der Waals surface area contributed by atoms with Crippen molar-refractivity contribution in [2.45, 2.75) is 39.5 Å². The van der Waals surface area contributed by atoms with Crippen molar-refractivity contribution in [1.29, 1.82) is 0 Å². The lowest BCUT2D eigenvalue weighted by molar-refractivity contribution is 0.584. The molecule has 2 aromatic carbocycles. The van der Waals surface area contributed by atoms with Crippen LogP contribution in [0.3, 0.4) is 0 Å². The Morgan fingerprint density at radius 1 is 0.667 bits per heavy atom. The number of halogens is 5. The molecule has 8 heteroatoms. The largest absolute Gasteiger partial charge is 0.398 e. The van der Waals surface area contributed by atoms with E-state index < -0.39 is 11.9 Å². The minimum atomic E-state index is -0.609. The molecule has 0 radical (unpaired) electrons. The maximum absolute atomic E-state index is 13.6. The Kier molecular flexibility index (Phi) is 8.84. The van der Waals surface area contributed by atoms with Gasteiger partial charge in [0.15, 0.2) is 0 Å². The Bertz CT molecular complexity index is 1270. The first-order chi connectivity index (χ1) is 17.0. The number of pyridine rings is 2. The van der Waals surface area contributed by atoms with Gasteiger partial charge in [-0.2, -0.15) is 8.78 Å². The van der Waals surface area contributed by atoms with Crippen LogP contribution in [0.5, 0.6) is 0 Å². The molecule has 2 N–H and O–H groups in total. The monoisotopic (exact) mass is 559 g/mol. The predicted molar refractivity (Wildman–Crippen MR) is 139 cm³/mol. The fourth-order valence-corrected chi connectivity index (χ4v) is 4.65. The molecule has 2 aromatic heterocycles. The van der Waals surface area contributed by atoms with E-state index in [0.29, 0.717) is 27.9 Å². The molecule has 0 aliphatic heterocycles. The topological polar surface area (TPSA) is 51.8 Å². The molecule has 0 atom stereocenters. The molecule has 188 valence electrons. The molecule has 0 aliphatic carbocycles. The number of nitrogens with zero attached hydrogens (tertiary/aromatic N) is 2. The third kappa shape index (κ3) is 6.49. The molecule has 0 saturated carbocycles. The summed E-state index contributed by atoms with van der Waals surface area (Å²) in [6.45, 7) is 7.83. The van der Waals surface area contributed by atoms with Crippen molar-refractivity contribution in [3.8, 4) is 22.3 Å². The SMILES string of the molecule is CC(C)c1cc(F)cc(-c2ccnc(F)c2)c1Br.CC(C)c1cc(F)cc(-c2ccnc(F)c2)c1N. The second-order valence-corrected chi connectivity index (χ2v) is 9.65. The van der Waals surface area contributed by atoms with E-state index in [1.165, 1.54) is 48.8 Å². The first kappa shape index (κ1) is 27.3. The van der Waals surface area contributed by atoms with Gasteiger partial charge in [-0.1, -0.05) is 27.7 Å². The second kappa shape index (κ2) is 11.6. The van der Waals surface area contributed by atoms with Crippen molar-refractivity contribution in [3.63, 3.8) is 0 Å². The number of anilines is 1. The molecule has 0 bridgehead atoms. The summed E-state index contributed by atoms with van der Waals surface area (Å²) in [6.07, 6.45) is 2.71. The highest BCUT2D eigenvalue weighted by molar-refractivity contribution is 9.10. The number of aromatic nitrogens is 2. The van der Waals surface area contributed by atoms with Gasteiger partial charge in [-0.15, -0.1) is 0 Å². The summed E-state index contributed by atoms with van der Waals surface area (Å²) in [5, 5.41) is 0. The molecular weight excluding hydrogens is 534 g/mol. The van der Waals surface area contributed by atoms with Gasteiger partial charge in [0, 0.05) is 40.2 Å². The third-order valence-corrected chi connectivity index (χ3v) is 6.45. The lowest BCUT2D eigenvalue weighted by Crippen LogP contribution is -2.01. The zero-order valence-electron chi connectivity index (χ0n) is 20.3. The Balaban J connectivity index is 0.000000201. The minimum Gasteiger partial charge on any atom is -0.398 e. The lowest BCUT2D eigenvalue weighted by atomic mass is 9.95. The van der Waals surface area contributed by atoms with Gasteiger partial charge in [0.05, 0.1) is 0 Å². The van der Waals surface area contributed by atoms with Crippen LogP contribution >= 0.6 is 15.9 Å². The van der Waals surface area contributed by atoms with Gasteiger partial charge >= 0.3 is 0 Å². The van der Waals surface area contributed by atoms with E-state index in [1.807, 2.05) is 27.7 Å². The first-order valence-corrected chi connectivity index (χ1v) is 12.1. The third-order valence-electron chi connectivity index (χ3n) is 5.56. The Morgan fingerprint density at radius 3 is 1.58 bits per heavy atom. The fraction of sp³-hybridized carbons (Fsp3) is 0.214. The van der Waals surface area contributed by atoms with Gasteiger partial charge in [0.1, 0.15) is 11.6 Å². The number of hydrogen-bond donors (Lipinski definition) is 1. The van der Waals surface area contributed by atoms with Crippen LogP contribution in [0.2, 0.25) is 0 Å². The highest BCUT2D eigenvalue weighted by Crippen LogP contribution is 2.36. The van der Waals surface area contributed by atoms with Crippen molar-refractivity contribution in [2.75, 3.05) is 5.73 Å². The van der Waals surface area contributed by atoms with Crippen LogP contribution < -0.4 is 5.73 Å². The van der Waals surface area contributed by atoms with Crippen molar-refractivity contribution >= 4 is 21.6 Å². The predicted octanol–water partition coefficient (Wildman–Crippen LogP) is 8.65. The molecule has 0 fully saturated rings. The van der Waals surface area contributed by atoms with Gasteiger partial charge in [-0.05, 0) is 92.0 Å². The highest BCUT2D eigenvalue weighted by atomic mass is 79.9. The first-order valence-electron chi connectivity index (χ1n) is 11.3. The summed E-state index contributed by atoms with van der Waals surface area (Å²) in [5.74, 6) is -1.60. The normalized spacial score (nSPS) is 11.0. The summed E-state index contributed by atoms with van der Waals surface area (Å²) in [4.78, 5) is 6.97. The number of hydrogen-bond acceptors (Lipinski definition) is 3. The van der Waals surface area contributed by atoms with Crippen molar-refractivity contribution in [2.24, 2.45) is 0 Å². The molecule has 4 aromatic rings. The maximum Gasteiger partial charge on any atom is 0.213 e. The van der Waals surface area contributed by atoms with Crippen LogP contribution in [-0.2, 0) is 0 Å². The average molecular weight is 560 g/mol. The molecule has 0 unspecified atom stereocenters. The van der Waals surface area contributed by atoms with Gasteiger partial charge in [0.25, 0.3) is 0 Å². The van der Waals surface area contributed by atoms with Crippen molar-refractivity contribution in [3.05, 3.63) is 100 Å². The maximum atomic E-state index is 13.6. The Hall–Kier alpha value is -3.26. The molecule has 0 aliphatic rings. The standard InChI is InChI=1S/C14H12BrF2N.C14H14F2N2/c1-8(2)11-6-10(16)7-12(14(11)15)9-3-4-18-13(17)5-9;1-8(2)11-6-10(15)7-12(14(11)17)9-3-4-18-13(16)5-9/h3-8H,1-2H3;3-8H,17H2,1-2H3. The van der Waals surface area contributed by atoms with E-state index >= 15 is 0 Å². The summed E-state index contributed by atoms with van der Waals surface area (Å²) in [7, 11) is 0. The summed E-state index contributed by atoms with van der Waals surface area (Å²) in [6, 6.07) is 11.4. The van der Waals surface area contributed by atoms with Gasteiger partial charge < -0.3 is 5.73 Å². The average Bonchev–Trinajstić information content (AvgIpc) is 2.81. The van der Waals surface area contributed by atoms with Crippen LogP contribution in [0.25, 0.3) is 22.3 Å². The molecule has 0 saturated heterocycles. The van der Waals surface area contributed by atoms with Gasteiger partial charge in [-0.3, -0.25) is 0 Å². The van der Waals surface area contributed by atoms with Crippen molar-refractivity contribution in [1.82, 2.24) is 9.97 Å². The molecule has 36 heavy (non-hydrogen) atoms. The van der Waals surface area contributed by atoms with E-state index in [0.717, 1.165) is 15.6 Å². The van der Waals surface area contributed by atoms with E-state index in [1.54, 1.807) is 12.1 Å². The molecule has 3 nitrogen and oxygen atoms in total. The van der Waals surface area contributed by atoms with Crippen molar-refractivity contribution < 1.29 is 17.6 Å². The zero-order chi connectivity index (χ0) is 26.6. The molecule has 0 amide bonds. The van der Waals surface area contributed by atoms with Crippen LogP contribution in [0.1, 0.15) is 50.7 Å². The summed E-state index contributed by atoms with van der Waals surface area (Å²) < 4.78 is 54.2. The number of rotatable bonds is 4. The fourth-order valence-electron chi connectivity index (χ4n) is 3.74.